The van der Waals surface area contributed by atoms with Gasteiger partial charge in [-0.25, -0.2) is 0 Å². The molecule has 0 aromatic heterocycles. The fourth-order valence-corrected chi connectivity index (χ4v) is 9.49. The summed E-state index contributed by atoms with van der Waals surface area (Å²) in [7, 11) is -3.61. The molecule has 0 bridgehead atoms. The van der Waals surface area contributed by atoms with Crippen LogP contribution in [0.25, 0.3) is 0 Å². The number of methoxy groups -OCH3 is 1. The fourth-order valence-electron chi connectivity index (χ4n) is 7.49. The number of nitrogens with two attached hydrogens (primary N) is 1. The number of fused-ring (bicyclic) bond motifs is 3. The van der Waals surface area contributed by atoms with Crippen molar-refractivity contribution in [1.29, 1.82) is 0 Å². The van der Waals surface area contributed by atoms with Crippen LogP contribution in [0.2, 0.25) is 0 Å². The summed E-state index contributed by atoms with van der Waals surface area (Å²) < 4.78 is 30.1. The third-order valence-electron chi connectivity index (χ3n) is 10.5. The molecule has 1 heterocycles. The Labute approximate surface area is 323 Å². The minimum absolute atomic E-state index is 0.00147. The van der Waals surface area contributed by atoms with E-state index in [-0.39, 0.29) is 34.4 Å². The van der Waals surface area contributed by atoms with Crippen LogP contribution in [0.3, 0.4) is 0 Å². The molecule has 1 aliphatic heterocycles. The van der Waals surface area contributed by atoms with E-state index in [0.29, 0.717) is 0 Å². The molecule has 0 saturated carbocycles. The van der Waals surface area contributed by atoms with E-state index in [1.165, 1.54) is 32.2 Å². The molecule has 3 aliphatic rings. The minimum Gasteiger partial charge on any atom is -0.799 e. The first kappa shape index (κ1) is 43.3. The Bertz CT molecular complexity index is 2040. The number of hydrogen-bond donors (Lipinski definition) is 9. The zero-order valence-corrected chi connectivity index (χ0v) is 31.5. The van der Waals surface area contributed by atoms with Crippen molar-refractivity contribution >= 4 is 42.6 Å². The molecule has 21 heteroatoms. The van der Waals surface area contributed by atoms with Gasteiger partial charge in [0, 0.05) is 68.1 Å². The zero-order valence-electron chi connectivity index (χ0n) is 30.6. The van der Waals surface area contributed by atoms with E-state index in [9.17, 15) is 68.9 Å². The lowest BCUT2D eigenvalue weighted by atomic mass is 9.71. The molecule has 2 aliphatic carbocycles. The first-order chi connectivity index (χ1) is 26.6. The minimum atomic E-state index is -4.86. The van der Waals surface area contributed by atoms with Gasteiger partial charge in [-0.1, -0.05) is 12.1 Å². The first-order valence-electron chi connectivity index (χ1n) is 17.7. The Hall–Kier alpha value is -4.79. The highest BCUT2D eigenvalue weighted by atomic mass is 31.2. The van der Waals surface area contributed by atoms with Gasteiger partial charge in [-0.3, -0.25) is 34.1 Å². The molecule has 57 heavy (non-hydrogen) atoms. The molecular formula is C36H42N2O18P-. The maximum Gasteiger partial charge on any atom is 0.321 e. The van der Waals surface area contributed by atoms with Crippen LogP contribution in [0.5, 0.6) is 17.2 Å². The Morgan fingerprint density at radius 3 is 2.32 bits per heavy atom. The number of carboxylic acids is 3. The number of aliphatic carboxylic acids is 3. The number of phenols is 2. The lowest BCUT2D eigenvalue weighted by molar-refractivity contribution is -0.247. The van der Waals surface area contributed by atoms with Crippen LogP contribution < -0.4 is 20.7 Å². The summed E-state index contributed by atoms with van der Waals surface area (Å²) in [6, 6.07) is 1.23. The van der Waals surface area contributed by atoms with Gasteiger partial charge in [0.1, 0.15) is 28.9 Å². The molecule has 1 fully saturated rings. The van der Waals surface area contributed by atoms with Crippen molar-refractivity contribution in [3.8, 4) is 17.2 Å². The number of aliphatic hydroxyl groups is 2. The summed E-state index contributed by atoms with van der Waals surface area (Å²) in [6.07, 6.45) is -10.0. The van der Waals surface area contributed by atoms with Gasteiger partial charge in [0.15, 0.2) is 17.9 Å². The van der Waals surface area contributed by atoms with Gasteiger partial charge in [-0.05, 0) is 19.4 Å². The molecule has 5 unspecified atom stereocenters. The van der Waals surface area contributed by atoms with Crippen molar-refractivity contribution < 1.29 is 88.2 Å². The molecule has 0 spiro atoms. The first-order valence-corrected chi connectivity index (χ1v) is 19.7. The number of hydrogen-bond acceptors (Lipinski definition) is 17. The van der Waals surface area contributed by atoms with E-state index >= 15 is 0 Å². The molecule has 1 saturated heterocycles. The lowest BCUT2D eigenvalue weighted by Crippen LogP contribution is -2.54. The van der Waals surface area contributed by atoms with Crippen molar-refractivity contribution in [2.24, 2.45) is 11.7 Å². The number of rotatable bonds is 16. The number of ether oxygens (including phenoxy) is 3. The van der Waals surface area contributed by atoms with Crippen LogP contribution in [-0.2, 0) is 39.6 Å². The average molecular weight is 822 g/mol. The second-order valence-electron chi connectivity index (χ2n) is 14.4. The molecule has 0 amide bonds. The number of aliphatic hydroxyl groups excluding tert-OH is 1. The van der Waals surface area contributed by atoms with Crippen molar-refractivity contribution in [3.05, 3.63) is 51.6 Å². The summed E-state index contributed by atoms with van der Waals surface area (Å²) in [5, 5.41) is 76.1. The van der Waals surface area contributed by atoms with E-state index in [1.54, 1.807) is 0 Å². The molecule has 9 atom stereocenters. The van der Waals surface area contributed by atoms with E-state index in [0.717, 1.165) is 0 Å². The summed E-state index contributed by atoms with van der Waals surface area (Å²) in [4.78, 5) is 89.2. The highest BCUT2D eigenvalue weighted by Crippen LogP contribution is 2.52. The van der Waals surface area contributed by atoms with Crippen LogP contribution in [0.15, 0.2) is 18.2 Å². The Morgan fingerprint density at radius 1 is 1.05 bits per heavy atom. The number of carbonyl (C=O) groups is 6. The van der Waals surface area contributed by atoms with Gasteiger partial charge in [-0.2, -0.15) is 0 Å². The third kappa shape index (κ3) is 8.73. The number of ketones is 3. The van der Waals surface area contributed by atoms with Gasteiger partial charge in [0.2, 0.25) is 5.78 Å². The second kappa shape index (κ2) is 16.6. The van der Waals surface area contributed by atoms with E-state index in [2.05, 4.69) is 5.32 Å². The summed E-state index contributed by atoms with van der Waals surface area (Å²) in [5.74, 6) is -11.1. The highest BCUT2D eigenvalue weighted by Gasteiger charge is 2.50. The number of carboxylic acid groups (broad SMARTS) is 3. The second-order valence-corrected chi connectivity index (χ2v) is 16.8. The predicted octanol–water partition coefficient (Wildman–Crippen LogP) is -0.744. The Morgan fingerprint density at radius 2 is 1.72 bits per heavy atom. The smallest absolute Gasteiger partial charge is 0.321 e. The summed E-state index contributed by atoms with van der Waals surface area (Å²) >= 11 is 0. The van der Waals surface area contributed by atoms with Crippen molar-refractivity contribution in [2.75, 3.05) is 26.0 Å². The van der Waals surface area contributed by atoms with Crippen LogP contribution >= 0.6 is 7.37 Å². The maximum atomic E-state index is 13.9. The molecular weight excluding hydrogens is 779 g/mol. The molecule has 10 N–H and O–H groups in total. The van der Waals surface area contributed by atoms with E-state index < -0.39 is 158 Å². The standard InChI is InChI=1S/C36H43N2O18P/c1-14-29(42)18(37)8-24(55-14)56-21-10-36(51,22(39)11-38-19(35(49)50)13-57(52,53)12-15(34(47)48)6-7-23(40)41)9-17-26(21)33(46)28-27(31(17)44)30(43)16-4-3-5-20(54-2)25(16)32(28)45/h3-5,14-15,18-19,21,24,29,38,42,44,46,51H,6-13,37H2,1-2H3,(H,40,41)(H,47,48)(H,49,50)(H,52,53)/p-1/t14-,15?,18?,19?,21+,24-,29?,36+/m0/s1. The summed E-state index contributed by atoms with van der Waals surface area (Å²) in [5.41, 5.74) is 1.17. The molecule has 5 rings (SSSR count). The predicted molar refractivity (Wildman–Crippen MR) is 189 cm³/mol. The van der Waals surface area contributed by atoms with Crippen LogP contribution in [0.4, 0.5) is 0 Å². The molecule has 20 nitrogen and oxygen atoms in total. The number of nitrogens with one attached hydrogen (secondary N) is 1. The van der Waals surface area contributed by atoms with Gasteiger partial charge >= 0.3 is 17.9 Å². The van der Waals surface area contributed by atoms with E-state index in [4.69, 9.17) is 25.1 Å². The topological polar surface area (TPSA) is 350 Å². The quantitative estimate of drug-likeness (QED) is 0.0634. The number of carbonyl (C=O) groups excluding carboxylic acids is 3. The molecule has 310 valence electrons. The third-order valence-corrected chi connectivity index (χ3v) is 12.4. The number of aromatic hydroxyl groups is 2. The SMILES string of the molecule is COc1cccc2c1C(=O)c1c(O)c3c(c(O)c1C2=O)C[C@](O)(C(=O)CNC(CP(=O)([O-])CC(CCC(=O)O)C(=O)O)C(=O)O)C[C@H]3O[C@H]1CC(N)C(O)[C@H](C)O1. The monoisotopic (exact) mass is 821 g/mol. The van der Waals surface area contributed by atoms with Gasteiger partial charge < -0.3 is 65.1 Å². The van der Waals surface area contributed by atoms with E-state index in [1.807, 2.05) is 0 Å². The van der Waals surface area contributed by atoms with Crippen molar-refractivity contribution in [1.82, 2.24) is 5.32 Å². The average Bonchev–Trinajstić information content (AvgIpc) is 3.13. The Kier molecular flexibility index (Phi) is 12.6. The van der Waals surface area contributed by atoms with Gasteiger partial charge in [-0.15, -0.1) is 0 Å². The summed E-state index contributed by atoms with van der Waals surface area (Å²) in [6.45, 7) is 0.472. The normalized spacial score (nSPS) is 26.2. The Balaban J connectivity index is 1.49. The van der Waals surface area contributed by atoms with Gasteiger partial charge in [0.25, 0.3) is 0 Å². The maximum absolute atomic E-state index is 13.9. The number of Topliss-reactive ketones (excluding diaryl/α,β-unsaturated/α-hetero) is 1. The molecule has 0 radical (unpaired) electrons. The van der Waals surface area contributed by atoms with Crippen LogP contribution in [0.1, 0.15) is 81.7 Å². The zero-order chi connectivity index (χ0) is 42.3. The van der Waals surface area contributed by atoms with Crippen LogP contribution in [0, 0.1) is 5.92 Å². The highest BCUT2D eigenvalue weighted by molar-refractivity contribution is 7.56. The van der Waals surface area contributed by atoms with Crippen LogP contribution in [-0.4, -0.2) is 133 Å². The molecule has 2 aromatic carbocycles. The number of benzene rings is 2. The molecule has 2 aromatic rings. The van der Waals surface area contributed by atoms with Crippen molar-refractivity contribution in [3.63, 3.8) is 0 Å². The van der Waals surface area contributed by atoms with Crippen molar-refractivity contribution in [2.45, 2.75) is 81.3 Å². The van der Waals surface area contributed by atoms with Gasteiger partial charge in [0.05, 0.1) is 54.6 Å². The number of phenolic OH excluding ortho intramolecular Hbond substituents is 2. The largest absolute Gasteiger partial charge is 0.799 e. The lowest BCUT2D eigenvalue weighted by Gasteiger charge is -2.42. The fraction of sp³-hybridized carbons (Fsp3) is 0.500.